The number of primary amides is 1. The summed E-state index contributed by atoms with van der Waals surface area (Å²) in [5.74, 6) is -1.90. The number of carbonyl (C=O) groups excluding carboxylic acids is 2. The molecule has 0 fully saturated rings. The number of urea groups is 1. The van der Waals surface area contributed by atoms with Crippen molar-refractivity contribution in [3.05, 3.63) is 0 Å². The fourth-order valence-electron chi connectivity index (χ4n) is 1.45. The number of likely N-dealkylation sites (N-methyl/N-ethyl adjacent to an activating group) is 1. The number of aliphatic hydroxyl groups excluding tert-OH is 1. The molecule has 0 aromatic heterocycles. The van der Waals surface area contributed by atoms with E-state index in [1.165, 1.54) is 14.2 Å². The van der Waals surface area contributed by atoms with Gasteiger partial charge < -0.3 is 30.9 Å². The molecule has 0 aliphatic rings. The molecule has 0 aliphatic heterocycles. The fraction of sp³-hybridized carbons (Fsp3) is 0.727. The lowest BCUT2D eigenvalue weighted by atomic mass is 10.1. The van der Waals surface area contributed by atoms with Crippen molar-refractivity contribution in [1.82, 2.24) is 10.2 Å². The number of nitrogens with zero attached hydrogens (tertiary/aromatic N) is 1. The van der Waals surface area contributed by atoms with E-state index in [1.54, 1.807) is 0 Å². The first-order valence-electron chi connectivity index (χ1n) is 5.97. The molecule has 3 amide bonds. The highest BCUT2D eigenvalue weighted by Crippen LogP contribution is 1.99. The molecule has 0 aliphatic carbocycles. The number of nitrogens with one attached hydrogen (secondary N) is 1. The van der Waals surface area contributed by atoms with Crippen molar-refractivity contribution >= 4 is 17.9 Å². The first-order valence-corrected chi connectivity index (χ1v) is 5.97. The number of carboxylic acid groups (broad SMARTS) is 1. The second-order valence-electron chi connectivity index (χ2n) is 4.33. The van der Waals surface area contributed by atoms with E-state index in [2.05, 4.69) is 5.32 Å². The van der Waals surface area contributed by atoms with Crippen LogP contribution in [0.3, 0.4) is 0 Å². The Morgan fingerprint density at radius 3 is 2.45 bits per heavy atom. The number of aliphatic carboxylic acids is 1. The second-order valence-corrected chi connectivity index (χ2v) is 4.33. The van der Waals surface area contributed by atoms with Gasteiger partial charge in [-0.3, -0.25) is 4.79 Å². The summed E-state index contributed by atoms with van der Waals surface area (Å²) in [4.78, 5) is 34.4. The van der Waals surface area contributed by atoms with E-state index < -0.39 is 30.1 Å². The zero-order valence-corrected chi connectivity index (χ0v) is 11.5. The quantitative estimate of drug-likeness (QED) is 0.401. The molecule has 0 heterocycles. The van der Waals surface area contributed by atoms with E-state index in [0.29, 0.717) is 0 Å². The van der Waals surface area contributed by atoms with Gasteiger partial charge in [-0.1, -0.05) is 0 Å². The van der Waals surface area contributed by atoms with E-state index in [-0.39, 0.29) is 26.0 Å². The van der Waals surface area contributed by atoms with E-state index in [1.807, 2.05) is 0 Å². The lowest BCUT2D eigenvalue weighted by Gasteiger charge is -2.23. The molecule has 0 saturated heterocycles. The Labute approximate surface area is 116 Å². The van der Waals surface area contributed by atoms with E-state index in [0.717, 1.165) is 4.90 Å². The van der Waals surface area contributed by atoms with Crippen LogP contribution in [0.4, 0.5) is 4.79 Å². The molecule has 0 aromatic carbocycles. The molecule has 9 heteroatoms. The number of ether oxygens (including phenoxy) is 1. The van der Waals surface area contributed by atoms with Gasteiger partial charge in [0.05, 0.1) is 19.3 Å². The molecule has 0 bridgehead atoms. The molecular weight excluding hydrogens is 270 g/mol. The minimum absolute atomic E-state index is 0.0121. The average molecular weight is 291 g/mol. The van der Waals surface area contributed by atoms with Crippen molar-refractivity contribution in [2.24, 2.45) is 5.73 Å². The maximum absolute atomic E-state index is 11.7. The summed E-state index contributed by atoms with van der Waals surface area (Å²) in [6.45, 7) is 0.0451. The molecule has 0 radical (unpaired) electrons. The number of carbonyl (C=O) groups is 3. The molecule has 5 N–H and O–H groups in total. The predicted molar refractivity (Wildman–Crippen MR) is 68.9 cm³/mol. The molecule has 1 unspecified atom stereocenters. The van der Waals surface area contributed by atoms with Gasteiger partial charge in [-0.05, 0) is 6.42 Å². The normalized spacial score (nSPS) is 13.3. The lowest BCUT2D eigenvalue weighted by Crippen LogP contribution is -2.49. The SMILES string of the molecule is COCC(O)CN(C)C(=O)N[C@@H](CCC(N)=O)C(=O)O. The van der Waals surface area contributed by atoms with Crippen LogP contribution in [-0.2, 0) is 14.3 Å². The van der Waals surface area contributed by atoms with Gasteiger partial charge in [0.2, 0.25) is 5.91 Å². The molecular formula is C11H21N3O6. The minimum atomic E-state index is -1.26. The Morgan fingerprint density at radius 1 is 1.40 bits per heavy atom. The van der Waals surface area contributed by atoms with Crippen LogP contribution < -0.4 is 11.1 Å². The Morgan fingerprint density at radius 2 is 2.00 bits per heavy atom. The molecule has 0 aromatic rings. The lowest BCUT2D eigenvalue weighted by molar-refractivity contribution is -0.139. The van der Waals surface area contributed by atoms with Crippen LogP contribution in [0.15, 0.2) is 0 Å². The molecule has 2 atom stereocenters. The smallest absolute Gasteiger partial charge is 0.326 e. The highest BCUT2D eigenvalue weighted by atomic mass is 16.5. The van der Waals surface area contributed by atoms with Gasteiger partial charge in [-0.2, -0.15) is 0 Å². The van der Waals surface area contributed by atoms with Gasteiger partial charge in [-0.25, -0.2) is 9.59 Å². The van der Waals surface area contributed by atoms with Gasteiger partial charge >= 0.3 is 12.0 Å². The molecule has 20 heavy (non-hydrogen) atoms. The number of hydrogen-bond acceptors (Lipinski definition) is 5. The van der Waals surface area contributed by atoms with Gasteiger partial charge in [0.1, 0.15) is 6.04 Å². The van der Waals surface area contributed by atoms with Gasteiger partial charge in [0.25, 0.3) is 0 Å². The number of aliphatic hydroxyl groups is 1. The minimum Gasteiger partial charge on any atom is -0.480 e. The maximum Gasteiger partial charge on any atom is 0.326 e. The van der Waals surface area contributed by atoms with Crippen LogP contribution in [0, 0.1) is 0 Å². The Hall–Kier alpha value is -1.87. The number of amides is 3. The zero-order valence-electron chi connectivity index (χ0n) is 11.5. The van der Waals surface area contributed by atoms with Crippen molar-refractivity contribution in [2.45, 2.75) is 25.0 Å². The summed E-state index contributed by atoms with van der Waals surface area (Å²) in [6, 6.07) is -1.88. The summed E-state index contributed by atoms with van der Waals surface area (Å²) >= 11 is 0. The Balaban J connectivity index is 4.36. The van der Waals surface area contributed by atoms with E-state index in [4.69, 9.17) is 15.6 Å². The van der Waals surface area contributed by atoms with Gasteiger partial charge in [0, 0.05) is 20.6 Å². The van der Waals surface area contributed by atoms with Crippen molar-refractivity contribution in [3.8, 4) is 0 Å². The predicted octanol–water partition coefficient (Wildman–Crippen LogP) is -1.65. The van der Waals surface area contributed by atoms with Crippen LogP contribution in [0.25, 0.3) is 0 Å². The third-order valence-corrected chi connectivity index (χ3v) is 2.47. The number of carboxylic acids is 1. The standard InChI is InChI=1S/C11H21N3O6/c1-14(5-7(15)6-20-2)11(19)13-8(10(17)18)3-4-9(12)16/h7-8,15H,3-6H2,1-2H3,(H2,12,16)(H,13,19)(H,17,18)/t7?,8-/m0/s1. The third-order valence-electron chi connectivity index (χ3n) is 2.47. The highest BCUT2D eigenvalue weighted by Gasteiger charge is 2.23. The van der Waals surface area contributed by atoms with Crippen molar-refractivity contribution in [2.75, 3.05) is 27.3 Å². The van der Waals surface area contributed by atoms with E-state index >= 15 is 0 Å². The Bertz CT molecular complexity index is 349. The van der Waals surface area contributed by atoms with Crippen LogP contribution in [-0.4, -0.2) is 72.5 Å². The first-order chi connectivity index (χ1) is 9.27. The Kier molecular flexibility index (Phi) is 8.25. The van der Waals surface area contributed by atoms with Gasteiger partial charge in [-0.15, -0.1) is 0 Å². The van der Waals surface area contributed by atoms with Crippen LogP contribution in [0.2, 0.25) is 0 Å². The van der Waals surface area contributed by atoms with Gasteiger partial charge in [0.15, 0.2) is 0 Å². The van der Waals surface area contributed by atoms with Crippen LogP contribution in [0.1, 0.15) is 12.8 Å². The van der Waals surface area contributed by atoms with Crippen molar-refractivity contribution in [1.29, 1.82) is 0 Å². The van der Waals surface area contributed by atoms with Crippen LogP contribution >= 0.6 is 0 Å². The van der Waals surface area contributed by atoms with Crippen LogP contribution in [0.5, 0.6) is 0 Å². The zero-order chi connectivity index (χ0) is 15.7. The largest absolute Gasteiger partial charge is 0.480 e. The fourth-order valence-corrected chi connectivity index (χ4v) is 1.45. The number of rotatable bonds is 9. The third kappa shape index (κ3) is 7.54. The molecule has 116 valence electrons. The first kappa shape index (κ1) is 18.1. The summed E-state index contributed by atoms with van der Waals surface area (Å²) < 4.78 is 4.71. The highest BCUT2D eigenvalue weighted by molar-refractivity contribution is 5.83. The topological polar surface area (TPSA) is 142 Å². The maximum atomic E-state index is 11.7. The molecule has 9 nitrogen and oxygen atoms in total. The summed E-state index contributed by atoms with van der Waals surface area (Å²) in [5.41, 5.74) is 4.93. The summed E-state index contributed by atoms with van der Waals surface area (Å²) in [7, 11) is 2.81. The summed E-state index contributed by atoms with van der Waals surface area (Å²) in [6.07, 6.45) is -1.11. The van der Waals surface area contributed by atoms with E-state index in [9.17, 15) is 19.5 Å². The molecule has 0 saturated carbocycles. The summed E-state index contributed by atoms with van der Waals surface area (Å²) in [5, 5.41) is 20.6. The van der Waals surface area contributed by atoms with Crippen molar-refractivity contribution in [3.63, 3.8) is 0 Å². The van der Waals surface area contributed by atoms with Crippen molar-refractivity contribution < 1.29 is 29.3 Å². The average Bonchev–Trinajstić information content (AvgIpc) is 2.33. The number of methoxy groups -OCH3 is 1. The number of nitrogens with two attached hydrogens (primary N) is 1. The molecule has 0 spiro atoms. The monoisotopic (exact) mass is 291 g/mol. The second kappa shape index (κ2) is 9.10. The molecule has 0 rings (SSSR count). The number of hydrogen-bond donors (Lipinski definition) is 4.